The first-order chi connectivity index (χ1) is 12.2. The van der Waals surface area contributed by atoms with Crippen LogP contribution in [-0.2, 0) is 6.54 Å². The van der Waals surface area contributed by atoms with Crippen LogP contribution in [0.3, 0.4) is 0 Å². The van der Waals surface area contributed by atoms with E-state index in [-0.39, 0.29) is 12.1 Å². The van der Waals surface area contributed by atoms with Gasteiger partial charge in [-0.15, -0.1) is 17.8 Å². The van der Waals surface area contributed by atoms with E-state index in [0.29, 0.717) is 17.4 Å². The third-order valence-corrected chi connectivity index (χ3v) is 4.77. The van der Waals surface area contributed by atoms with Gasteiger partial charge >= 0.3 is 6.03 Å². The van der Waals surface area contributed by atoms with Gasteiger partial charge in [0, 0.05) is 24.2 Å². The maximum absolute atomic E-state index is 11.9. The first kappa shape index (κ1) is 16.8. The monoisotopic (exact) mass is 351 g/mol. The van der Waals surface area contributed by atoms with Crippen LogP contribution >= 0.6 is 11.3 Å². The number of urea groups is 1. The molecule has 1 saturated heterocycles. The summed E-state index contributed by atoms with van der Waals surface area (Å²) in [4.78, 5) is 18.1. The summed E-state index contributed by atoms with van der Waals surface area (Å²) in [6.07, 6.45) is 7.21. The van der Waals surface area contributed by atoms with Gasteiger partial charge in [0.15, 0.2) is 5.01 Å². The molecule has 0 saturated carbocycles. The summed E-state index contributed by atoms with van der Waals surface area (Å²) in [7, 11) is 0. The molecule has 6 nitrogen and oxygen atoms in total. The molecule has 0 unspecified atom stereocenters. The summed E-state index contributed by atoms with van der Waals surface area (Å²) >= 11 is 1.30. The molecule has 1 aromatic heterocycles. The molecule has 0 radical (unpaired) electrons. The zero-order valence-corrected chi connectivity index (χ0v) is 14.3. The van der Waals surface area contributed by atoms with Crippen LogP contribution in [0.1, 0.15) is 23.4 Å². The van der Waals surface area contributed by atoms with Crippen LogP contribution in [-0.4, -0.2) is 23.6 Å². The fourth-order valence-corrected chi connectivity index (χ4v) is 3.31. The molecule has 2 heterocycles. The van der Waals surface area contributed by atoms with Crippen LogP contribution in [0.25, 0.3) is 0 Å². The largest absolute Gasteiger partial charge is 0.356 e. The number of thiazole rings is 1. The molecule has 25 heavy (non-hydrogen) atoms. The smallest absolute Gasteiger partial charge is 0.320 e. The van der Waals surface area contributed by atoms with Crippen LogP contribution < -0.4 is 15.5 Å². The minimum Gasteiger partial charge on any atom is -0.356 e. The second-order valence-electron chi connectivity index (χ2n) is 5.64. The SMILES string of the molecule is C#Cc1nc(NC(=O)NCc2ccc(N3CCC[C@@H]3C#N)cc2)cs1. The molecule has 2 aromatic rings. The van der Waals surface area contributed by atoms with Crippen molar-refractivity contribution in [1.82, 2.24) is 10.3 Å². The second-order valence-corrected chi connectivity index (χ2v) is 6.49. The third-order valence-electron chi connectivity index (χ3n) is 3.99. The molecule has 2 amide bonds. The first-order valence-electron chi connectivity index (χ1n) is 7.92. The minimum atomic E-state index is -0.331. The van der Waals surface area contributed by atoms with Gasteiger partial charge in [0.05, 0.1) is 6.07 Å². The predicted octanol–water partition coefficient (Wildman–Crippen LogP) is 2.94. The number of aromatic nitrogens is 1. The number of carbonyl (C=O) groups excluding carboxylic acids is 1. The van der Waals surface area contributed by atoms with Crippen molar-refractivity contribution in [2.24, 2.45) is 0 Å². The molecule has 1 fully saturated rings. The molecular weight excluding hydrogens is 334 g/mol. The van der Waals surface area contributed by atoms with Crippen LogP contribution in [0.5, 0.6) is 0 Å². The Bertz CT molecular complexity index is 830. The lowest BCUT2D eigenvalue weighted by molar-refractivity contribution is 0.251. The fraction of sp³-hybridized carbons (Fsp3) is 0.278. The third kappa shape index (κ3) is 4.09. The van der Waals surface area contributed by atoms with Gasteiger partial charge in [-0.2, -0.15) is 5.26 Å². The number of carbonyl (C=O) groups is 1. The van der Waals surface area contributed by atoms with Gasteiger partial charge in [-0.25, -0.2) is 9.78 Å². The number of rotatable bonds is 4. The number of hydrogen-bond donors (Lipinski definition) is 2. The van der Waals surface area contributed by atoms with Gasteiger partial charge < -0.3 is 10.2 Å². The average Bonchev–Trinajstić information content (AvgIpc) is 3.29. The maximum Gasteiger partial charge on any atom is 0.320 e. The van der Waals surface area contributed by atoms with E-state index in [2.05, 4.69) is 32.5 Å². The lowest BCUT2D eigenvalue weighted by Crippen LogP contribution is -2.29. The number of benzene rings is 1. The lowest BCUT2D eigenvalue weighted by atomic mass is 10.2. The lowest BCUT2D eigenvalue weighted by Gasteiger charge is -2.22. The van der Waals surface area contributed by atoms with E-state index in [4.69, 9.17) is 6.42 Å². The van der Waals surface area contributed by atoms with E-state index in [1.165, 1.54) is 11.3 Å². The van der Waals surface area contributed by atoms with E-state index >= 15 is 0 Å². The van der Waals surface area contributed by atoms with Crippen molar-refractivity contribution in [1.29, 1.82) is 5.26 Å². The number of hydrogen-bond acceptors (Lipinski definition) is 5. The summed E-state index contributed by atoms with van der Waals surface area (Å²) in [5.74, 6) is 2.87. The van der Waals surface area contributed by atoms with Crippen molar-refractivity contribution in [3.63, 3.8) is 0 Å². The Kier molecular flexibility index (Phi) is 5.17. The van der Waals surface area contributed by atoms with Gasteiger partial charge in [-0.3, -0.25) is 5.32 Å². The molecule has 0 spiro atoms. The Morgan fingerprint density at radius 3 is 2.92 bits per heavy atom. The van der Waals surface area contributed by atoms with Crippen LogP contribution in [0.4, 0.5) is 16.3 Å². The van der Waals surface area contributed by atoms with Gasteiger partial charge in [-0.05, 0) is 36.5 Å². The fourth-order valence-electron chi connectivity index (χ4n) is 2.76. The molecule has 0 bridgehead atoms. The number of nitrogens with zero attached hydrogens (tertiary/aromatic N) is 3. The Morgan fingerprint density at radius 1 is 1.44 bits per heavy atom. The maximum atomic E-state index is 11.9. The zero-order chi connectivity index (χ0) is 17.6. The molecule has 0 aliphatic carbocycles. The topological polar surface area (TPSA) is 81.1 Å². The highest BCUT2D eigenvalue weighted by atomic mass is 32.1. The molecular formula is C18H17N5OS. The van der Waals surface area contributed by atoms with E-state index in [9.17, 15) is 10.1 Å². The standard InChI is InChI=1S/C18H17N5OS/c1-2-17-21-16(12-25-17)22-18(24)20-11-13-5-7-14(8-6-13)23-9-3-4-15(23)10-19/h1,5-8,12,15H,3-4,9,11H2,(H2,20,22,24)/t15-/m1/s1. The number of nitrogens with one attached hydrogen (secondary N) is 2. The molecule has 126 valence electrons. The Morgan fingerprint density at radius 2 is 2.24 bits per heavy atom. The first-order valence-corrected chi connectivity index (χ1v) is 8.80. The predicted molar refractivity (Wildman–Crippen MR) is 98.3 cm³/mol. The van der Waals surface area contributed by atoms with Gasteiger partial charge in [-0.1, -0.05) is 12.1 Å². The molecule has 1 aromatic carbocycles. The van der Waals surface area contributed by atoms with Crippen molar-refractivity contribution in [3.05, 3.63) is 40.2 Å². The van der Waals surface area contributed by atoms with Gasteiger partial charge in [0.25, 0.3) is 0 Å². The summed E-state index contributed by atoms with van der Waals surface area (Å²) in [6.45, 7) is 1.31. The number of anilines is 2. The van der Waals surface area contributed by atoms with Gasteiger partial charge in [0.1, 0.15) is 11.9 Å². The molecule has 1 aliphatic heterocycles. The van der Waals surface area contributed by atoms with Crippen LogP contribution in [0, 0.1) is 23.7 Å². The Labute approximate surface area is 150 Å². The number of nitriles is 1. The molecule has 2 N–H and O–H groups in total. The summed E-state index contributed by atoms with van der Waals surface area (Å²) in [5.41, 5.74) is 2.02. The van der Waals surface area contributed by atoms with Gasteiger partial charge in [0.2, 0.25) is 0 Å². The quantitative estimate of drug-likeness (QED) is 0.830. The molecule has 7 heteroatoms. The summed E-state index contributed by atoms with van der Waals surface area (Å²) in [6, 6.07) is 9.87. The average molecular weight is 351 g/mol. The highest BCUT2D eigenvalue weighted by Crippen LogP contribution is 2.25. The zero-order valence-electron chi connectivity index (χ0n) is 13.5. The van der Waals surface area contributed by atoms with E-state index in [1.54, 1.807) is 5.38 Å². The molecule has 3 rings (SSSR count). The van der Waals surface area contributed by atoms with Crippen molar-refractivity contribution in [2.75, 3.05) is 16.8 Å². The van der Waals surface area contributed by atoms with E-state index in [0.717, 1.165) is 30.6 Å². The molecule has 1 atom stereocenters. The van der Waals surface area contributed by atoms with Crippen molar-refractivity contribution in [3.8, 4) is 18.4 Å². The van der Waals surface area contributed by atoms with Crippen molar-refractivity contribution >= 4 is 28.9 Å². The number of amides is 2. The van der Waals surface area contributed by atoms with Crippen molar-refractivity contribution in [2.45, 2.75) is 25.4 Å². The number of terminal acetylenes is 1. The van der Waals surface area contributed by atoms with Crippen LogP contribution in [0.15, 0.2) is 29.6 Å². The highest BCUT2D eigenvalue weighted by molar-refractivity contribution is 7.10. The normalized spacial score (nSPS) is 16.1. The molecule has 1 aliphatic rings. The highest BCUT2D eigenvalue weighted by Gasteiger charge is 2.24. The summed E-state index contributed by atoms with van der Waals surface area (Å²) < 4.78 is 0. The van der Waals surface area contributed by atoms with E-state index in [1.807, 2.05) is 24.3 Å². The summed E-state index contributed by atoms with van der Waals surface area (Å²) in [5, 5.41) is 16.8. The Balaban J connectivity index is 1.52. The minimum absolute atomic E-state index is 0.0410. The Hall–Kier alpha value is -3.03. The van der Waals surface area contributed by atoms with E-state index < -0.39 is 0 Å². The van der Waals surface area contributed by atoms with Crippen molar-refractivity contribution < 1.29 is 4.79 Å². The second kappa shape index (κ2) is 7.69. The van der Waals surface area contributed by atoms with Crippen LogP contribution in [0.2, 0.25) is 0 Å².